The van der Waals surface area contributed by atoms with E-state index >= 15 is 0 Å². The van der Waals surface area contributed by atoms with Gasteiger partial charge in [-0.3, -0.25) is 4.79 Å². The average Bonchev–Trinajstić information content (AvgIpc) is 2.85. The third kappa shape index (κ3) is 3.53. The largest absolute Gasteiger partial charge is 0.493 e. The van der Waals surface area contributed by atoms with Crippen molar-refractivity contribution in [2.24, 2.45) is 0 Å². The van der Waals surface area contributed by atoms with Crippen LogP contribution in [0.4, 0.5) is 0 Å². The smallest absolute Gasteiger partial charge is 0.220 e. The normalized spacial score (nSPS) is 18.2. The number of carbonyl (C=O) groups excluding carboxylic acids is 1. The molecular weight excluding hydrogens is 266 g/mol. The molecule has 0 radical (unpaired) electrons. The van der Waals surface area contributed by atoms with E-state index in [4.69, 9.17) is 21.1 Å². The molecule has 1 aliphatic heterocycles. The van der Waals surface area contributed by atoms with Crippen molar-refractivity contribution in [1.29, 1.82) is 0 Å². The molecule has 1 aromatic rings. The van der Waals surface area contributed by atoms with Gasteiger partial charge in [-0.05, 0) is 24.1 Å². The maximum atomic E-state index is 11.3. The van der Waals surface area contributed by atoms with Crippen molar-refractivity contribution >= 4 is 17.5 Å². The number of carbonyl (C=O) groups is 1. The van der Waals surface area contributed by atoms with Crippen molar-refractivity contribution in [3.63, 3.8) is 0 Å². The lowest BCUT2D eigenvalue weighted by Gasteiger charge is -2.14. The third-order valence-corrected chi connectivity index (χ3v) is 3.44. The summed E-state index contributed by atoms with van der Waals surface area (Å²) in [5.74, 6) is 2.31. The maximum absolute atomic E-state index is 11.3. The molecule has 0 spiro atoms. The molecule has 4 nitrogen and oxygen atoms in total. The van der Waals surface area contributed by atoms with Gasteiger partial charge in [-0.25, -0.2) is 0 Å². The Hall–Kier alpha value is -1.42. The maximum Gasteiger partial charge on any atom is 0.220 e. The number of benzene rings is 1. The second-order valence-corrected chi connectivity index (χ2v) is 4.88. The van der Waals surface area contributed by atoms with Crippen LogP contribution < -0.4 is 14.8 Å². The van der Waals surface area contributed by atoms with Gasteiger partial charge in [0.2, 0.25) is 5.91 Å². The first-order valence-corrected chi connectivity index (χ1v) is 6.91. The Bertz CT molecular complexity index is 450. The van der Waals surface area contributed by atoms with Crippen LogP contribution in [0.2, 0.25) is 0 Å². The summed E-state index contributed by atoms with van der Waals surface area (Å²) in [5, 5.41) is 2.84. The minimum absolute atomic E-state index is 0.102. The van der Waals surface area contributed by atoms with Crippen molar-refractivity contribution < 1.29 is 14.3 Å². The molecule has 19 heavy (non-hydrogen) atoms. The van der Waals surface area contributed by atoms with Crippen LogP contribution in [-0.2, 0) is 4.79 Å². The van der Waals surface area contributed by atoms with Crippen molar-refractivity contribution in [2.45, 2.75) is 18.8 Å². The van der Waals surface area contributed by atoms with Crippen molar-refractivity contribution in [3.05, 3.63) is 23.8 Å². The summed E-state index contributed by atoms with van der Waals surface area (Å²) < 4.78 is 11.0. The molecule has 1 saturated heterocycles. The van der Waals surface area contributed by atoms with Gasteiger partial charge in [-0.15, -0.1) is 11.6 Å². The number of hydrogen-bond acceptors (Lipinski definition) is 3. The molecule has 0 aliphatic carbocycles. The molecule has 1 heterocycles. The fraction of sp³-hybridized carbons (Fsp3) is 0.500. The molecule has 0 aromatic heterocycles. The molecule has 1 aromatic carbocycles. The summed E-state index contributed by atoms with van der Waals surface area (Å²) in [6.45, 7) is 1.25. The number of nitrogens with one attached hydrogen (secondary N) is 1. The molecule has 104 valence electrons. The van der Waals surface area contributed by atoms with Crippen LogP contribution in [0.25, 0.3) is 0 Å². The minimum atomic E-state index is 0.102. The zero-order chi connectivity index (χ0) is 13.7. The summed E-state index contributed by atoms with van der Waals surface area (Å²) in [6.07, 6.45) is 1.33. The number of halogens is 1. The molecule has 0 bridgehead atoms. The Labute approximate surface area is 118 Å². The van der Waals surface area contributed by atoms with E-state index in [1.54, 1.807) is 7.11 Å². The molecule has 1 N–H and O–H groups in total. The predicted molar refractivity (Wildman–Crippen MR) is 74.2 cm³/mol. The summed E-state index contributed by atoms with van der Waals surface area (Å²) in [4.78, 5) is 11.3. The van der Waals surface area contributed by atoms with E-state index < -0.39 is 0 Å². The number of hydrogen-bond donors (Lipinski definition) is 1. The van der Waals surface area contributed by atoms with Crippen LogP contribution in [0.5, 0.6) is 11.5 Å². The van der Waals surface area contributed by atoms with E-state index in [1.807, 2.05) is 18.2 Å². The van der Waals surface area contributed by atoms with Crippen LogP contribution in [0, 0.1) is 0 Å². The molecular formula is C14H18ClNO3. The Balaban J connectivity index is 2.12. The fourth-order valence-electron chi connectivity index (χ4n) is 2.14. The molecule has 1 atom stereocenters. The Morgan fingerprint density at radius 1 is 1.42 bits per heavy atom. The van der Waals surface area contributed by atoms with Gasteiger partial charge in [0.05, 0.1) is 13.7 Å². The van der Waals surface area contributed by atoms with Gasteiger partial charge in [0.25, 0.3) is 0 Å². The molecule has 0 saturated carbocycles. The number of rotatable bonds is 6. The fourth-order valence-corrected chi connectivity index (χ4v) is 2.25. The second-order valence-electron chi connectivity index (χ2n) is 4.51. The molecule has 5 heteroatoms. The quantitative estimate of drug-likeness (QED) is 0.644. The minimum Gasteiger partial charge on any atom is -0.493 e. The first-order valence-electron chi connectivity index (χ1n) is 6.38. The number of alkyl halides is 1. The van der Waals surface area contributed by atoms with Crippen LogP contribution >= 0.6 is 11.6 Å². The van der Waals surface area contributed by atoms with Gasteiger partial charge in [0.1, 0.15) is 0 Å². The molecule has 1 amide bonds. The summed E-state index contributed by atoms with van der Waals surface area (Å²) in [7, 11) is 1.62. The SMILES string of the molecule is COc1ccc(C2CNC(=O)C2)cc1OCCCCl. The van der Waals surface area contributed by atoms with Gasteiger partial charge in [-0.1, -0.05) is 6.07 Å². The van der Waals surface area contributed by atoms with Gasteiger partial charge >= 0.3 is 0 Å². The highest BCUT2D eigenvalue weighted by molar-refractivity contribution is 6.17. The monoisotopic (exact) mass is 283 g/mol. The van der Waals surface area contributed by atoms with E-state index in [0.717, 1.165) is 12.0 Å². The van der Waals surface area contributed by atoms with Crippen LogP contribution in [0.15, 0.2) is 18.2 Å². The summed E-state index contributed by atoms with van der Waals surface area (Å²) >= 11 is 5.64. The Kier molecular flexibility index (Phi) is 4.91. The number of amides is 1. The summed E-state index contributed by atoms with van der Waals surface area (Å²) in [5.41, 5.74) is 1.10. The zero-order valence-electron chi connectivity index (χ0n) is 10.9. The van der Waals surface area contributed by atoms with Crippen molar-refractivity contribution in [1.82, 2.24) is 5.32 Å². The van der Waals surface area contributed by atoms with Crippen LogP contribution in [-0.4, -0.2) is 32.0 Å². The molecule has 1 unspecified atom stereocenters. The highest BCUT2D eigenvalue weighted by atomic mass is 35.5. The third-order valence-electron chi connectivity index (χ3n) is 3.17. The average molecular weight is 284 g/mol. The van der Waals surface area contributed by atoms with E-state index in [2.05, 4.69) is 5.32 Å². The number of ether oxygens (including phenoxy) is 2. The van der Waals surface area contributed by atoms with Crippen LogP contribution in [0.3, 0.4) is 0 Å². The van der Waals surface area contributed by atoms with Gasteiger partial charge < -0.3 is 14.8 Å². The molecule has 1 aliphatic rings. The topological polar surface area (TPSA) is 47.6 Å². The second kappa shape index (κ2) is 6.66. The Morgan fingerprint density at radius 2 is 2.26 bits per heavy atom. The number of methoxy groups -OCH3 is 1. The Morgan fingerprint density at radius 3 is 2.89 bits per heavy atom. The predicted octanol–water partition coefficient (Wildman–Crippen LogP) is 2.31. The lowest BCUT2D eigenvalue weighted by molar-refractivity contribution is -0.119. The molecule has 2 rings (SSSR count). The van der Waals surface area contributed by atoms with Crippen molar-refractivity contribution in [3.8, 4) is 11.5 Å². The zero-order valence-corrected chi connectivity index (χ0v) is 11.7. The standard InChI is InChI=1S/C14H18ClNO3/c1-18-12-4-3-10(11-8-14(17)16-9-11)7-13(12)19-6-2-5-15/h3-4,7,11H,2,5-6,8-9H2,1H3,(H,16,17). The van der Waals surface area contributed by atoms with E-state index in [1.165, 1.54) is 0 Å². The van der Waals surface area contributed by atoms with Gasteiger partial charge in [-0.2, -0.15) is 0 Å². The van der Waals surface area contributed by atoms with Gasteiger partial charge in [0, 0.05) is 24.8 Å². The highest BCUT2D eigenvalue weighted by Crippen LogP contribution is 2.33. The summed E-state index contributed by atoms with van der Waals surface area (Å²) in [6, 6.07) is 5.82. The van der Waals surface area contributed by atoms with Gasteiger partial charge in [0.15, 0.2) is 11.5 Å². The highest BCUT2D eigenvalue weighted by Gasteiger charge is 2.23. The van der Waals surface area contributed by atoms with Crippen molar-refractivity contribution in [2.75, 3.05) is 26.1 Å². The first-order chi connectivity index (χ1) is 9.24. The lowest BCUT2D eigenvalue weighted by Crippen LogP contribution is -2.13. The molecule has 1 fully saturated rings. The van der Waals surface area contributed by atoms with E-state index in [-0.39, 0.29) is 11.8 Å². The lowest BCUT2D eigenvalue weighted by atomic mass is 9.98. The van der Waals surface area contributed by atoms with E-state index in [0.29, 0.717) is 37.0 Å². The first kappa shape index (κ1) is 14.0. The van der Waals surface area contributed by atoms with Crippen LogP contribution in [0.1, 0.15) is 24.3 Å². The van der Waals surface area contributed by atoms with E-state index in [9.17, 15) is 4.79 Å².